The molecule has 0 fully saturated rings. The SMILES string of the molecule is CCOC(=O)c1c(-c2[nH]c(-c3ccc[nH]3)c(C(=O)OCC)c2-c2ccccc2)[nH]c(-c2ccc[nH]2)c1-c1ccccc1. The summed E-state index contributed by atoms with van der Waals surface area (Å²) in [5.41, 5.74) is 7.51. The van der Waals surface area contributed by atoms with Gasteiger partial charge in [0, 0.05) is 23.5 Å². The summed E-state index contributed by atoms with van der Waals surface area (Å²) in [4.78, 5) is 41.0. The van der Waals surface area contributed by atoms with Crippen molar-refractivity contribution in [3.8, 4) is 56.4 Å². The molecule has 6 rings (SSSR count). The number of nitrogens with one attached hydrogen (secondary N) is 4. The van der Waals surface area contributed by atoms with Crippen molar-refractivity contribution in [1.82, 2.24) is 19.9 Å². The summed E-state index contributed by atoms with van der Waals surface area (Å²) in [6, 6.07) is 26.9. The number of hydrogen-bond donors (Lipinski definition) is 4. The van der Waals surface area contributed by atoms with Gasteiger partial charge in [-0.3, -0.25) is 0 Å². The van der Waals surface area contributed by atoms with E-state index in [0.717, 1.165) is 22.5 Å². The van der Waals surface area contributed by atoms with Gasteiger partial charge in [-0.2, -0.15) is 0 Å². The van der Waals surface area contributed by atoms with Crippen LogP contribution in [0.4, 0.5) is 0 Å². The summed E-state index contributed by atoms with van der Waals surface area (Å²) in [5.74, 6) is -0.950. The number of benzene rings is 2. The molecule has 42 heavy (non-hydrogen) atoms. The molecule has 4 aromatic heterocycles. The normalized spacial score (nSPS) is 11.0. The molecule has 0 aliphatic rings. The van der Waals surface area contributed by atoms with Crippen molar-refractivity contribution in [2.75, 3.05) is 13.2 Å². The summed E-state index contributed by atoms with van der Waals surface area (Å²) in [6.45, 7) is 3.97. The highest BCUT2D eigenvalue weighted by atomic mass is 16.5. The van der Waals surface area contributed by atoms with E-state index in [4.69, 9.17) is 9.47 Å². The lowest BCUT2D eigenvalue weighted by Crippen LogP contribution is -2.08. The molecule has 0 spiro atoms. The minimum Gasteiger partial charge on any atom is -0.462 e. The average Bonchev–Trinajstić information content (AvgIpc) is 3.83. The standard InChI is InChI=1S/C34H30N4O4/c1-3-41-33(39)27-26(22-15-9-6-10-16-22)31(38-30(27)24-18-12-20-36-24)32-28(34(40)42-4-2)25(21-13-7-5-8-14-21)29(37-32)23-17-11-19-35-23/h5-20,35-38H,3-4H2,1-2H3. The van der Waals surface area contributed by atoms with Crippen molar-refractivity contribution < 1.29 is 19.1 Å². The maximum Gasteiger partial charge on any atom is 0.341 e. The van der Waals surface area contributed by atoms with E-state index in [0.29, 0.717) is 45.0 Å². The molecule has 2 aromatic carbocycles. The maximum absolute atomic E-state index is 13.9. The molecule has 0 saturated carbocycles. The zero-order valence-electron chi connectivity index (χ0n) is 23.3. The number of aromatic nitrogens is 4. The van der Waals surface area contributed by atoms with Gasteiger partial charge in [0.2, 0.25) is 0 Å². The molecule has 0 aliphatic carbocycles. The van der Waals surface area contributed by atoms with Crippen molar-refractivity contribution >= 4 is 11.9 Å². The van der Waals surface area contributed by atoms with Crippen LogP contribution in [0.25, 0.3) is 56.4 Å². The minimum absolute atomic E-state index is 0.202. The van der Waals surface area contributed by atoms with Crippen molar-refractivity contribution in [1.29, 1.82) is 0 Å². The number of esters is 2. The van der Waals surface area contributed by atoms with Crippen molar-refractivity contribution in [2.45, 2.75) is 13.8 Å². The molecule has 0 saturated heterocycles. The Kier molecular flexibility index (Phi) is 7.34. The monoisotopic (exact) mass is 558 g/mol. The second-order valence-corrected chi connectivity index (χ2v) is 9.59. The second kappa shape index (κ2) is 11.5. The fourth-order valence-corrected chi connectivity index (χ4v) is 5.35. The lowest BCUT2D eigenvalue weighted by atomic mass is 9.94. The largest absolute Gasteiger partial charge is 0.462 e. The molecule has 8 heteroatoms. The molecule has 0 aliphatic heterocycles. The van der Waals surface area contributed by atoms with Crippen LogP contribution in [-0.2, 0) is 9.47 Å². The summed E-state index contributed by atoms with van der Waals surface area (Å²) >= 11 is 0. The summed E-state index contributed by atoms with van der Waals surface area (Å²) in [5, 5.41) is 0. The Bertz CT molecular complexity index is 1810. The summed E-state index contributed by atoms with van der Waals surface area (Å²) in [7, 11) is 0. The molecule has 0 bridgehead atoms. The van der Waals surface area contributed by atoms with Crippen LogP contribution in [0.5, 0.6) is 0 Å². The third kappa shape index (κ3) is 4.73. The fourth-order valence-electron chi connectivity index (χ4n) is 5.35. The van der Waals surface area contributed by atoms with Crippen LogP contribution < -0.4 is 0 Å². The van der Waals surface area contributed by atoms with Gasteiger partial charge in [-0.05, 0) is 49.2 Å². The van der Waals surface area contributed by atoms with Crippen LogP contribution in [0.2, 0.25) is 0 Å². The number of carbonyl (C=O) groups excluding carboxylic acids is 2. The average molecular weight is 559 g/mol. The van der Waals surface area contributed by atoms with Gasteiger partial charge in [-0.15, -0.1) is 0 Å². The summed E-state index contributed by atoms with van der Waals surface area (Å²) < 4.78 is 11.2. The van der Waals surface area contributed by atoms with Gasteiger partial charge in [0.05, 0.1) is 58.5 Å². The minimum atomic E-state index is -0.479. The predicted molar refractivity (Wildman–Crippen MR) is 163 cm³/mol. The van der Waals surface area contributed by atoms with Gasteiger partial charge in [0.25, 0.3) is 0 Å². The van der Waals surface area contributed by atoms with Crippen LogP contribution in [0.1, 0.15) is 34.6 Å². The molecular weight excluding hydrogens is 528 g/mol. The predicted octanol–water partition coefficient (Wildman–Crippen LogP) is 7.69. The van der Waals surface area contributed by atoms with Crippen molar-refractivity contribution in [3.63, 3.8) is 0 Å². The van der Waals surface area contributed by atoms with Crippen LogP contribution in [0.3, 0.4) is 0 Å². The van der Waals surface area contributed by atoms with Crippen LogP contribution in [0.15, 0.2) is 97.3 Å². The van der Waals surface area contributed by atoms with Crippen molar-refractivity contribution in [3.05, 3.63) is 108 Å². The number of hydrogen-bond acceptors (Lipinski definition) is 4. The van der Waals surface area contributed by atoms with Crippen LogP contribution >= 0.6 is 0 Å². The number of carbonyl (C=O) groups is 2. The highest BCUT2D eigenvalue weighted by Crippen LogP contribution is 2.46. The Morgan fingerprint density at radius 2 is 1.00 bits per heavy atom. The molecule has 8 nitrogen and oxygen atoms in total. The molecular formula is C34H30N4O4. The zero-order chi connectivity index (χ0) is 29.1. The first-order valence-corrected chi connectivity index (χ1v) is 13.9. The van der Waals surface area contributed by atoms with Gasteiger partial charge in [0.1, 0.15) is 0 Å². The van der Waals surface area contributed by atoms with E-state index in [1.807, 2.05) is 91.1 Å². The van der Waals surface area contributed by atoms with Gasteiger partial charge in [-0.25, -0.2) is 9.59 Å². The lowest BCUT2D eigenvalue weighted by Gasteiger charge is -2.10. The molecule has 0 atom stereocenters. The topological polar surface area (TPSA) is 116 Å². The molecule has 0 radical (unpaired) electrons. The van der Waals surface area contributed by atoms with Gasteiger partial charge < -0.3 is 29.4 Å². The first-order chi connectivity index (χ1) is 20.6. The van der Waals surface area contributed by atoms with E-state index in [9.17, 15) is 9.59 Å². The number of rotatable bonds is 9. The van der Waals surface area contributed by atoms with E-state index in [2.05, 4.69) is 19.9 Å². The Balaban J connectivity index is 1.75. The number of aromatic amines is 4. The zero-order valence-corrected chi connectivity index (χ0v) is 23.3. The molecule has 0 amide bonds. The lowest BCUT2D eigenvalue weighted by molar-refractivity contribution is 0.0519. The molecule has 0 unspecified atom stereocenters. The van der Waals surface area contributed by atoms with Crippen LogP contribution in [-0.4, -0.2) is 45.1 Å². The highest BCUT2D eigenvalue weighted by Gasteiger charge is 2.33. The Hall–Kier alpha value is -5.50. The Morgan fingerprint density at radius 1 is 0.548 bits per heavy atom. The smallest absolute Gasteiger partial charge is 0.341 e. The fraction of sp³-hybridized carbons (Fsp3) is 0.118. The van der Waals surface area contributed by atoms with Gasteiger partial charge in [-0.1, -0.05) is 60.7 Å². The van der Waals surface area contributed by atoms with Gasteiger partial charge >= 0.3 is 11.9 Å². The Labute approximate surface area is 242 Å². The molecule has 4 N–H and O–H groups in total. The Morgan fingerprint density at radius 3 is 1.48 bits per heavy atom. The first-order valence-electron chi connectivity index (χ1n) is 13.9. The quantitative estimate of drug-likeness (QED) is 0.136. The first kappa shape index (κ1) is 26.7. The number of ether oxygens (including phenoxy) is 2. The molecule has 210 valence electrons. The van der Waals surface area contributed by atoms with E-state index >= 15 is 0 Å². The highest BCUT2D eigenvalue weighted by molar-refractivity contribution is 6.12. The van der Waals surface area contributed by atoms with Crippen LogP contribution in [0, 0.1) is 0 Å². The van der Waals surface area contributed by atoms with E-state index < -0.39 is 11.9 Å². The summed E-state index contributed by atoms with van der Waals surface area (Å²) in [6.07, 6.45) is 3.63. The third-order valence-corrected chi connectivity index (χ3v) is 7.07. The van der Waals surface area contributed by atoms with E-state index in [-0.39, 0.29) is 13.2 Å². The van der Waals surface area contributed by atoms with E-state index in [1.165, 1.54) is 0 Å². The maximum atomic E-state index is 13.9. The third-order valence-electron chi connectivity index (χ3n) is 7.07. The number of H-pyrrole nitrogens is 4. The van der Waals surface area contributed by atoms with Crippen molar-refractivity contribution in [2.24, 2.45) is 0 Å². The molecule has 4 heterocycles. The second-order valence-electron chi connectivity index (χ2n) is 9.59. The molecule has 6 aromatic rings. The van der Waals surface area contributed by atoms with E-state index in [1.54, 1.807) is 20.0 Å². The van der Waals surface area contributed by atoms with Gasteiger partial charge in [0.15, 0.2) is 0 Å².